The number of aromatic nitrogens is 3. The van der Waals surface area contributed by atoms with Crippen LogP contribution in [0, 0.1) is 5.82 Å². The highest BCUT2D eigenvalue weighted by Crippen LogP contribution is 2.22. The predicted octanol–water partition coefficient (Wildman–Crippen LogP) is 2.61. The summed E-state index contributed by atoms with van der Waals surface area (Å²) >= 11 is 0. The van der Waals surface area contributed by atoms with Crippen molar-refractivity contribution in [3.63, 3.8) is 0 Å². The van der Waals surface area contributed by atoms with Crippen molar-refractivity contribution < 1.29 is 18.5 Å². The number of anilines is 1. The maximum absolute atomic E-state index is 13.0. The third kappa shape index (κ3) is 4.02. The predicted molar refractivity (Wildman–Crippen MR) is 95.7 cm³/mol. The molecule has 27 heavy (non-hydrogen) atoms. The molecule has 140 valence electrons. The molecule has 2 N–H and O–H groups in total. The number of carbonyl (C=O) groups excluding carboxylic acids is 2. The van der Waals surface area contributed by atoms with Crippen LogP contribution in [0.1, 0.15) is 34.3 Å². The van der Waals surface area contributed by atoms with E-state index in [2.05, 4.69) is 20.9 Å². The molecule has 0 atom stereocenters. The van der Waals surface area contributed by atoms with Crippen LogP contribution in [0.5, 0.6) is 0 Å². The Balaban J connectivity index is 1.77. The molecule has 2 heterocycles. The standard InChI is InChI=1S/C18H18FN5O3/c1-3-8-20-18(26)16-14(10-21-24(16)2)22-17(25)13-9-15(27-23-13)11-4-6-12(19)7-5-11/h4-7,9-10H,3,8H2,1-2H3,(H,20,26)(H,22,25). The summed E-state index contributed by atoms with van der Waals surface area (Å²) in [5, 5.41) is 13.1. The summed E-state index contributed by atoms with van der Waals surface area (Å²) in [4.78, 5) is 24.7. The third-order valence-corrected chi connectivity index (χ3v) is 3.81. The minimum absolute atomic E-state index is 0.0260. The smallest absolute Gasteiger partial charge is 0.277 e. The molecule has 2 aromatic heterocycles. The van der Waals surface area contributed by atoms with Crippen molar-refractivity contribution in [1.29, 1.82) is 0 Å². The Morgan fingerprint density at radius 2 is 1.96 bits per heavy atom. The SMILES string of the molecule is CCCNC(=O)c1c(NC(=O)c2cc(-c3ccc(F)cc3)on2)cnn1C. The fourth-order valence-electron chi connectivity index (χ4n) is 2.44. The van der Waals surface area contributed by atoms with E-state index in [4.69, 9.17) is 4.52 Å². The fraction of sp³-hybridized carbons (Fsp3) is 0.222. The van der Waals surface area contributed by atoms with E-state index in [1.54, 1.807) is 7.05 Å². The summed E-state index contributed by atoms with van der Waals surface area (Å²) in [6.07, 6.45) is 2.18. The lowest BCUT2D eigenvalue weighted by atomic mass is 10.1. The lowest BCUT2D eigenvalue weighted by Crippen LogP contribution is -2.27. The second kappa shape index (κ2) is 7.81. The van der Waals surface area contributed by atoms with Gasteiger partial charge in [-0.05, 0) is 30.7 Å². The van der Waals surface area contributed by atoms with Gasteiger partial charge in [0.15, 0.2) is 11.5 Å². The van der Waals surface area contributed by atoms with Crippen molar-refractivity contribution in [2.75, 3.05) is 11.9 Å². The third-order valence-electron chi connectivity index (χ3n) is 3.81. The average molecular weight is 371 g/mol. The van der Waals surface area contributed by atoms with E-state index in [-0.39, 0.29) is 28.8 Å². The molecule has 3 aromatic rings. The van der Waals surface area contributed by atoms with Crippen LogP contribution in [0.25, 0.3) is 11.3 Å². The van der Waals surface area contributed by atoms with Crippen LogP contribution >= 0.6 is 0 Å². The van der Waals surface area contributed by atoms with Crippen LogP contribution < -0.4 is 10.6 Å². The molecule has 3 rings (SSSR count). The van der Waals surface area contributed by atoms with Gasteiger partial charge in [-0.3, -0.25) is 14.3 Å². The second-order valence-corrected chi connectivity index (χ2v) is 5.82. The highest BCUT2D eigenvalue weighted by atomic mass is 19.1. The van der Waals surface area contributed by atoms with Gasteiger partial charge in [0.25, 0.3) is 11.8 Å². The minimum atomic E-state index is -0.551. The highest BCUT2D eigenvalue weighted by molar-refractivity contribution is 6.07. The fourth-order valence-corrected chi connectivity index (χ4v) is 2.44. The van der Waals surface area contributed by atoms with Crippen LogP contribution in [-0.2, 0) is 7.05 Å². The summed E-state index contributed by atoms with van der Waals surface area (Å²) in [6.45, 7) is 2.46. The summed E-state index contributed by atoms with van der Waals surface area (Å²) < 4.78 is 19.5. The van der Waals surface area contributed by atoms with Crippen molar-refractivity contribution in [1.82, 2.24) is 20.3 Å². The van der Waals surface area contributed by atoms with E-state index in [0.29, 0.717) is 17.9 Å². The zero-order valence-corrected chi connectivity index (χ0v) is 14.8. The molecule has 0 fully saturated rings. The molecule has 0 aliphatic heterocycles. The summed E-state index contributed by atoms with van der Waals surface area (Å²) in [5.41, 5.74) is 1.11. The number of carbonyl (C=O) groups is 2. The first-order chi connectivity index (χ1) is 13.0. The number of rotatable bonds is 6. The van der Waals surface area contributed by atoms with Crippen LogP contribution in [0.3, 0.4) is 0 Å². The molecule has 8 nitrogen and oxygen atoms in total. The van der Waals surface area contributed by atoms with Gasteiger partial charge in [0.2, 0.25) is 0 Å². The summed E-state index contributed by atoms with van der Waals surface area (Å²) in [5.74, 6) is -0.933. The van der Waals surface area contributed by atoms with Gasteiger partial charge >= 0.3 is 0 Å². The quantitative estimate of drug-likeness (QED) is 0.693. The molecule has 0 saturated heterocycles. The largest absolute Gasteiger partial charge is 0.355 e. The lowest BCUT2D eigenvalue weighted by Gasteiger charge is -2.07. The molecule has 1 aromatic carbocycles. The van der Waals surface area contributed by atoms with Crippen LogP contribution in [0.4, 0.5) is 10.1 Å². The van der Waals surface area contributed by atoms with E-state index in [0.717, 1.165) is 6.42 Å². The van der Waals surface area contributed by atoms with Crippen molar-refractivity contribution in [3.05, 3.63) is 53.7 Å². The molecule has 0 bridgehead atoms. The zero-order chi connectivity index (χ0) is 19.4. The Bertz CT molecular complexity index is 962. The summed E-state index contributed by atoms with van der Waals surface area (Å²) in [6, 6.07) is 7.06. The van der Waals surface area contributed by atoms with Gasteiger partial charge in [-0.25, -0.2) is 4.39 Å². The topological polar surface area (TPSA) is 102 Å². The van der Waals surface area contributed by atoms with Crippen molar-refractivity contribution in [2.24, 2.45) is 7.05 Å². The van der Waals surface area contributed by atoms with E-state index in [1.807, 2.05) is 6.92 Å². The molecule has 0 saturated carbocycles. The molecule has 0 aliphatic carbocycles. The summed E-state index contributed by atoms with van der Waals surface area (Å²) in [7, 11) is 1.61. The molecule has 2 amide bonds. The molecular formula is C18H18FN5O3. The average Bonchev–Trinajstić information content (AvgIpc) is 3.28. The minimum Gasteiger partial charge on any atom is -0.355 e. The Hall–Kier alpha value is -3.49. The van der Waals surface area contributed by atoms with Crippen molar-refractivity contribution >= 4 is 17.5 Å². The monoisotopic (exact) mass is 371 g/mol. The van der Waals surface area contributed by atoms with E-state index < -0.39 is 5.91 Å². The Morgan fingerprint density at radius 1 is 1.22 bits per heavy atom. The van der Waals surface area contributed by atoms with Gasteiger partial charge in [0, 0.05) is 25.2 Å². The van der Waals surface area contributed by atoms with E-state index >= 15 is 0 Å². The Kier molecular flexibility index (Phi) is 5.30. The Morgan fingerprint density at radius 3 is 2.67 bits per heavy atom. The highest BCUT2D eigenvalue weighted by Gasteiger charge is 2.21. The van der Waals surface area contributed by atoms with Gasteiger partial charge in [0.1, 0.15) is 11.5 Å². The normalized spacial score (nSPS) is 10.6. The number of halogens is 1. The van der Waals surface area contributed by atoms with Gasteiger partial charge in [-0.1, -0.05) is 12.1 Å². The molecule has 9 heteroatoms. The number of nitrogens with zero attached hydrogens (tertiary/aromatic N) is 3. The number of hydrogen-bond donors (Lipinski definition) is 2. The molecule has 0 unspecified atom stereocenters. The number of amides is 2. The van der Waals surface area contributed by atoms with Crippen LogP contribution in [-0.4, -0.2) is 33.3 Å². The Labute approximate surface area is 154 Å². The molecule has 0 radical (unpaired) electrons. The van der Waals surface area contributed by atoms with Gasteiger partial charge < -0.3 is 15.2 Å². The van der Waals surface area contributed by atoms with Gasteiger partial charge in [0.05, 0.1) is 11.9 Å². The number of nitrogens with one attached hydrogen (secondary N) is 2. The van der Waals surface area contributed by atoms with Gasteiger partial charge in [-0.15, -0.1) is 0 Å². The van der Waals surface area contributed by atoms with Gasteiger partial charge in [-0.2, -0.15) is 5.10 Å². The van der Waals surface area contributed by atoms with Crippen molar-refractivity contribution in [3.8, 4) is 11.3 Å². The maximum Gasteiger partial charge on any atom is 0.277 e. The second-order valence-electron chi connectivity index (χ2n) is 5.82. The first kappa shape index (κ1) is 18.3. The lowest BCUT2D eigenvalue weighted by molar-refractivity contribution is 0.0945. The first-order valence-corrected chi connectivity index (χ1v) is 8.33. The molecule has 0 spiro atoms. The van der Waals surface area contributed by atoms with E-state index in [9.17, 15) is 14.0 Å². The first-order valence-electron chi connectivity index (χ1n) is 8.33. The van der Waals surface area contributed by atoms with Crippen LogP contribution in [0.15, 0.2) is 41.1 Å². The van der Waals surface area contributed by atoms with Crippen LogP contribution in [0.2, 0.25) is 0 Å². The number of aryl methyl sites for hydroxylation is 1. The maximum atomic E-state index is 13.0. The number of benzene rings is 1. The zero-order valence-electron chi connectivity index (χ0n) is 14.8. The number of hydrogen-bond acceptors (Lipinski definition) is 5. The molecular weight excluding hydrogens is 353 g/mol. The van der Waals surface area contributed by atoms with Crippen molar-refractivity contribution in [2.45, 2.75) is 13.3 Å². The van der Waals surface area contributed by atoms with E-state index in [1.165, 1.54) is 41.2 Å². The molecule has 0 aliphatic rings.